The molecule has 0 aliphatic carbocycles. The van der Waals surface area contributed by atoms with Gasteiger partial charge in [-0.25, -0.2) is 0 Å². The summed E-state index contributed by atoms with van der Waals surface area (Å²) in [7, 11) is 0. The van der Waals surface area contributed by atoms with Crippen LogP contribution in [0.2, 0.25) is 0 Å². The summed E-state index contributed by atoms with van der Waals surface area (Å²) >= 11 is 0. The molecule has 0 aromatic rings. The molecule has 2 aliphatic rings. The van der Waals surface area contributed by atoms with Crippen molar-refractivity contribution in [2.45, 2.75) is 25.2 Å². The number of rotatable bonds is 1. The minimum atomic E-state index is -0.401. The van der Waals surface area contributed by atoms with E-state index in [-0.39, 0.29) is 6.10 Å². The predicted octanol–water partition coefficient (Wildman–Crippen LogP) is 0.113. The second-order valence-electron chi connectivity index (χ2n) is 3.82. The van der Waals surface area contributed by atoms with Crippen LogP contribution in [-0.2, 0) is 14.2 Å². The highest BCUT2D eigenvalue weighted by molar-refractivity contribution is 4.86. The van der Waals surface area contributed by atoms with Gasteiger partial charge in [0, 0.05) is 18.9 Å². The molecule has 0 saturated carbocycles. The van der Waals surface area contributed by atoms with E-state index in [2.05, 4.69) is 6.92 Å². The molecule has 2 N–H and O–H groups in total. The second-order valence-corrected chi connectivity index (χ2v) is 3.82. The van der Waals surface area contributed by atoms with Crippen LogP contribution in [0, 0.1) is 5.92 Å². The van der Waals surface area contributed by atoms with Crippen LogP contribution < -0.4 is 5.73 Å². The van der Waals surface area contributed by atoms with Crippen LogP contribution in [0.5, 0.6) is 0 Å². The molecule has 2 fully saturated rings. The van der Waals surface area contributed by atoms with Crippen molar-refractivity contribution in [1.29, 1.82) is 0 Å². The monoisotopic (exact) mass is 187 g/mol. The summed E-state index contributed by atoms with van der Waals surface area (Å²) in [4.78, 5) is 0. The van der Waals surface area contributed by atoms with Crippen molar-refractivity contribution in [3.8, 4) is 0 Å². The quantitative estimate of drug-likeness (QED) is 0.633. The Labute approximate surface area is 78.3 Å². The molecule has 4 nitrogen and oxygen atoms in total. The molecule has 0 bridgehead atoms. The summed E-state index contributed by atoms with van der Waals surface area (Å²) in [6, 6.07) is 0. The maximum atomic E-state index is 5.82. The largest absolute Gasteiger partial charge is 0.381 e. The lowest BCUT2D eigenvalue weighted by Crippen LogP contribution is -2.45. The van der Waals surface area contributed by atoms with Gasteiger partial charge in [0.1, 0.15) is 0 Å². The molecule has 2 aliphatic heterocycles. The lowest BCUT2D eigenvalue weighted by Gasteiger charge is -2.37. The van der Waals surface area contributed by atoms with E-state index in [1.54, 1.807) is 0 Å². The topological polar surface area (TPSA) is 53.7 Å². The van der Waals surface area contributed by atoms with Gasteiger partial charge in [0.25, 0.3) is 0 Å². The maximum absolute atomic E-state index is 5.82. The first-order valence-corrected chi connectivity index (χ1v) is 4.86. The first-order valence-electron chi connectivity index (χ1n) is 4.86. The molecule has 76 valence electrons. The maximum Gasteiger partial charge on any atom is 0.175 e. The Balaban J connectivity index is 2.03. The van der Waals surface area contributed by atoms with Gasteiger partial charge in [-0.15, -0.1) is 0 Å². The van der Waals surface area contributed by atoms with Crippen LogP contribution in [0.15, 0.2) is 0 Å². The number of hydrogen-bond acceptors (Lipinski definition) is 4. The van der Waals surface area contributed by atoms with Crippen molar-refractivity contribution in [2.24, 2.45) is 11.7 Å². The van der Waals surface area contributed by atoms with E-state index >= 15 is 0 Å². The predicted molar refractivity (Wildman–Crippen MR) is 47.2 cm³/mol. The number of ether oxygens (including phenoxy) is 3. The van der Waals surface area contributed by atoms with Gasteiger partial charge in [-0.1, -0.05) is 6.92 Å². The van der Waals surface area contributed by atoms with E-state index in [0.717, 1.165) is 19.6 Å². The smallest absolute Gasteiger partial charge is 0.175 e. The summed E-state index contributed by atoms with van der Waals surface area (Å²) < 4.78 is 16.9. The third kappa shape index (κ3) is 1.59. The summed E-state index contributed by atoms with van der Waals surface area (Å²) in [5.41, 5.74) is 5.53. The van der Waals surface area contributed by atoms with Crippen LogP contribution in [0.25, 0.3) is 0 Å². The van der Waals surface area contributed by atoms with Crippen molar-refractivity contribution in [3.63, 3.8) is 0 Å². The average molecular weight is 187 g/mol. The Bertz CT molecular complexity index is 188. The van der Waals surface area contributed by atoms with Gasteiger partial charge in [0.2, 0.25) is 0 Å². The Morgan fingerprint density at radius 1 is 1.46 bits per heavy atom. The zero-order chi connectivity index (χ0) is 9.31. The standard InChI is InChI=1S/C9H17NO3/c1-7-5-11-3-2-9(7)12-6-8(4-10)13-9/h7-8H,2-6,10H2,1H3. The molecule has 0 amide bonds. The molecule has 2 heterocycles. The van der Waals surface area contributed by atoms with Gasteiger partial charge >= 0.3 is 0 Å². The molecular formula is C9H17NO3. The molecule has 1 spiro atoms. The Hall–Kier alpha value is -0.160. The van der Waals surface area contributed by atoms with E-state index in [4.69, 9.17) is 19.9 Å². The van der Waals surface area contributed by atoms with Gasteiger partial charge in [-0.3, -0.25) is 0 Å². The fourth-order valence-electron chi connectivity index (χ4n) is 1.94. The summed E-state index contributed by atoms with van der Waals surface area (Å²) in [5, 5.41) is 0. The van der Waals surface area contributed by atoms with Gasteiger partial charge in [-0.05, 0) is 0 Å². The average Bonchev–Trinajstić information content (AvgIpc) is 2.56. The van der Waals surface area contributed by atoms with E-state index in [0.29, 0.717) is 19.1 Å². The SMILES string of the molecule is CC1COCCC12OCC(CN)O2. The van der Waals surface area contributed by atoms with Crippen LogP contribution in [0.1, 0.15) is 13.3 Å². The molecule has 13 heavy (non-hydrogen) atoms. The molecule has 2 saturated heterocycles. The minimum absolute atomic E-state index is 0.0700. The molecule has 4 heteroatoms. The molecule has 0 aromatic heterocycles. The van der Waals surface area contributed by atoms with Crippen molar-refractivity contribution in [1.82, 2.24) is 0 Å². The third-order valence-corrected chi connectivity index (χ3v) is 2.86. The van der Waals surface area contributed by atoms with E-state index in [1.807, 2.05) is 0 Å². The van der Waals surface area contributed by atoms with E-state index in [9.17, 15) is 0 Å². The first kappa shape index (κ1) is 9.40. The van der Waals surface area contributed by atoms with Crippen LogP contribution in [-0.4, -0.2) is 38.3 Å². The lowest BCUT2D eigenvalue weighted by atomic mass is 9.96. The highest BCUT2D eigenvalue weighted by Gasteiger charge is 2.47. The van der Waals surface area contributed by atoms with Gasteiger partial charge < -0.3 is 19.9 Å². The summed E-state index contributed by atoms with van der Waals surface area (Å²) in [6.07, 6.45) is 0.894. The van der Waals surface area contributed by atoms with Crippen LogP contribution >= 0.6 is 0 Å². The van der Waals surface area contributed by atoms with Gasteiger partial charge in [0.15, 0.2) is 5.79 Å². The fraction of sp³-hybridized carbons (Fsp3) is 1.00. The molecular weight excluding hydrogens is 170 g/mol. The van der Waals surface area contributed by atoms with E-state index in [1.165, 1.54) is 0 Å². The van der Waals surface area contributed by atoms with Gasteiger partial charge in [0.05, 0.1) is 25.9 Å². The highest BCUT2D eigenvalue weighted by Crippen LogP contribution is 2.36. The zero-order valence-electron chi connectivity index (χ0n) is 7.99. The van der Waals surface area contributed by atoms with Crippen molar-refractivity contribution in [2.75, 3.05) is 26.4 Å². The van der Waals surface area contributed by atoms with Gasteiger partial charge in [-0.2, -0.15) is 0 Å². The summed E-state index contributed by atoms with van der Waals surface area (Å²) in [5.74, 6) is -0.0970. The molecule has 2 rings (SSSR count). The minimum Gasteiger partial charge on any atom is -0.381 e. The zero-order valence-corrected chi connectivity index (χ0v) is 7.99. The lowest BCUT2D eigenvalue weighted by molar-refractivity contribution is -0.241. The first-order chi connectivity index (χ1) is 6.27. The Morgan fingerprint density at radius 2 is 2.31 bits per heavy atom. The van der Waals surface area contributed by atoms with Crippen LogP contribution in [0.4, 0.5) is 0 Å². The van der Waals surface area contributed by atoms with Crippen molar-refractivity contribution >= 4 is 0 Å². The molecule has 0 radical (unpaired) electrons. The van der Waals surface area contributed by atoms with Crippen molar-refractivity contribution < 1.29 is 14.2 Å². The second kappa shape index (κ2) is 3.53. The molecule has 3 atom stereocenters. The van der Waals surface area contributed by atoms with Crippen molar-refractivity contribution in [3.05, 3.63) is 0 Å². The molecule has 3 unspecified atom stereocenters. The Kier molecular flexibility index (Phi) is 2.55. The number of hydrogen-bond donors (Lipinski definition) is 1. The normalized spacial score (nSPS) is 45.7. The Morgan fingerprint density at radius 3 is 2.92 bits per heavy atom. The summed E-state index contributed by atoms with van der Waals surface area (Å²) in [6.45, 7) is 4.70. The number of nitrogens with two attached hydrogens (primary N) is 1. The highest BCUT2D eigenvalue weighted by atomic mass is 16.7. The third-order valence-electron chi connectivity index (χ3n) is 2.86. The van der Waals surface area contributed by atoms with E-state index < -0.39 is 5.79 Å². The molecule has 0 aromatic carbocycles. The fourth-order valence-corrected chi connectivity index (χ4v) is 1.94. The van der Waals surface area contributed by atoms with Crippen LogP contribution in [0.3, 0.4) is 0 Å².